The molecule has 1 aromatic rings. The van der Waals surface area contributed by atoms with Crippen LogP contribution < -0.4 is 10.1 Å². The molecule has 1 aliphatic rings. The maximum atomic E-state index is 5.98. The highest BCUT2D eigenvalue weighted by atomic mass is 35.5. The molecule has 17 heavy (non-hydrogen) atoms. The smallest absolute Gasteiger partial charge is 0.123 e. The molecule has 0 radical (unpaired) electrons. The lowest BCUT2D eigenvalue weighted by Crippen LogP contribution is -2.22. The zero-order chi connectivity index (χ0) is 12.1. The number of methoxy groups -OCH3 is 1. The Hall–Kier alpha value is -0.770. The van der Waals surface area contributed by atoms with E-state index >= 15 is 0 Å². The van der Waals surface area contributed by atoms with Gasteiger partial charge in [0, 0.05) is 30.3 Å². The van der Waals surface area contributed by atoms with E-state index in [1.807, 2.05) is 18.2 Å². The van der Waals surface area contributed by atoms with E-state index in [-0.39, 0.29) is 0 Å². The van der Waals surface area contributed by atoms with Crippen LogP contribution in [0.5, 0.6) is 5.75 Å². The van der Waals surface area contributed by atoms with Gasteiger partial charge in [-0.2, -0.15) is 0 Å². The molecule has 0 bridgehead atoms. The fourth-order valence-corrected chi connectivity index (χ4v) is 2.24. The van der Waals surface area contributed by atoms with Gasteiger partial charge in [0.2, 0.25) is 0 Å². The van der Waals surface area contributed by atoms with Gasteiger partial charge in [-0.25, -0.2) is 0 Å². The van der Waals surface area contributed by atoms with Crippen LogP contribution in [0.25, 0.3) is 0 Å². The van der Waals surface area contributed by atoms with Crippen LogP contribution in [0.15, 0.2) is 18.2 Å². The van der Waals surface area contributed by atoms with Crippen LogP contribution in [0.1, 0.15) is 12.0 Å². The van der Waals surface area contributed by atoms with E-state index in [1.54, 1.807) is 7.11 Å². The van der Waals surface area contributed by atoms with Crippen LogP contribution >= 0.6 is 11.6 Å². The molecule has 4 heteroatoms. The zero-order valence-electron chi connectivity index (χ0n) is 10.0. The van der Waals surface area contributed by atoms with Crippen LogP contribution in [-0.2, 0) is 11.3 Å². The molecule has 1 aromatic carbocycles. The standard InChI is InChI=1S/C13H18ClNO2/c1-16-13-3-2-12(14)6-11(13)8-15-7-10-4-5-17-9-10/h2-3,6,10,15H,4-5,7-9H2,1H3. The Morgan fingerprint density at radius 1 is 1.53 bits per heavy atom. The van der Waals surface area contributed by atoms with Crippen molar-refractivity contribution in [3.8, 4) is 5.75 Å². The monoisotopic (exact) mass is 255 g/mol. The van der Waals surface area contributed by atoms with Crippen molar-refractivity contribution in [2.75, 3.05) is 26.9 Å². The van der Waals surface area contributed by atoms with Gasteiger partial charge in [0.15, 0.2) is 0 Å². The van der Waals surface area contributed by atoms with E-state index in [9.17, 15) is 0 Å². The van der Waals surface area contributed by atoms with Crippen LogP contribution in [0, 0.1) is 5.92 Å². The summed E-state index contributed by atoms with van der Waals surface area (Å²) in [5, 5.41) is 4.17. The summed E-state index contributed by atoms with van der Waals surface area (Å²) < 4.78 is 10.6. The first-order chi connectivity index (χ1) is 8.29. The Morgan fingerprint density at radius 2 is 2.41 bits per heavy atom. The van der Waals surface area contributed by atoms with Gasteiger partial charge in [0.05, 0.1) is 13.7 Å². The van der Waals surface area contributed by atoms with Gasteiger partial charge in [-0.15, -0.1) is 0 Å². The van der Waals surface area contributed by atoms with Crippen molar-refractivity contribution < 1.29 is 9.47 Å². The van der Waals surface area contributed by atoms with Gasteiger partial charge >= 0.3 is 0 Å². The highest BCUT2D eigenvalue weighted by molar-refractivity contribution is 6.30. The summed E-state index contributed by atoms with van der Waals surface area (Å²) in [7, 11) is 1.68. The van der Waals surface area contributed by atoms with Crippen molar-refractivity contribution in [1.82, 2.24) is 5.32 Å². The van der Waals surface area contributed by atoms with Crippen molar-refractivity contribution in [3.05, 3.63) is 28.8 Å². The minimum atomic E-state index is 0.639. The van der Waals surface area contributed by atoms with Crippen molar-refractivity contribution in [1.29, 1.82) is 0 Å². The van der Waals surface area contributed by atoms with Gasteiger partial charge in [-0.05, 0) is 30.5 Å². The molecule has 0 amide bonds. The molecule has 0 spiro atoms. The lowest BCUT2D eigenvalue weighted by Gasteiger charge is -2.12. The van der Waals surface area contributed by atoms with Crippen molar-refractivity contribution in [2.45, 2.75) is 13.0 Å². The van der Waals surface area contributed by atoms with E-state index in [1.165, 1.54) is 0 Å². The first-order valence-electron chi connectivity index (χ1n) is 5.90. The Balaban J connectivity index is 1.86. The number of rotatable bonds is 5. The number of nitrogens with one attached hydrogen (secondary N) is 1. The first-order valence-corrected chi connectivity index (χ1v) is 6.28. The Bertz CT molecular complexity index is 364. The van der Waals surface area contributed by atoms with Gasteiger partial charge in [0.25, 0.3) is 0 Å². The third kappa shape index (κ3) is 3.60. The van der Waals surface area contributed by atoms with Gasteiger partial charge in [-0.1, -0.05) is 11.6 Å². The molecule has 94 valence electrons. The van der Waals surface area contributed by atoms with E-state index in [0.29, 0.717) is 5.92 Å². The van der Waals surface area contributed by atoms with Crippen LogP contribution in [0.2, 0.25) is 5.02 Å². The number of hydrogen-bond acceptors (Lipinski definition) is 3. The number of ether oxygens (including phenoxy) is 2. The summed E-state index contributed by atoms with van der Waals surface area (Å²) in [4.78, 5) is 0. The minimum absolute atomic E-state index is 0.639. The molecular formula is C13H18ClNO2. The molecule has 0 aromatic heterocycles. The SMILES string of the molecule is COc1ccc(Cl)cc1CNCC1CCOC1. The summed E-state index contributed by atoms with van der Waals surface area (Å²) in [5.41, 5.74) is 1.10. The van der Waals surface area contributed by atoms with Gasteiger partial charge in [-0.3, -0.25) is 0 Å². The fraction of sp³-hybridized carbons (Fsp3) is 0.538. The minimum Gasteiger partial charge on any atom is -0.496 e. The largest absolute Gasteiger partial charge is 0.496 e. The average Bonchev–Trinajstić information content (AvgIpc) is 2.82. The maximum Gasteiger partial charge on any atom is 0.123 e. The van der Waals surface area contributed by atoms with Crippen LogP contribution in [0.4, 0.5) is 0 Å². The summed E-state index contributed by atoms with van der Waals surface area (Å²) >= 11 is 5.98. The predicted molar refractivity (Wildman–Crippen MR) is 68.6 cm³/mol. The van der Waals surface area contributed by atoms with E-state index in [0.717, 1.165) is 49.1 Å². The van der Waals surface area contributed by atoms with Crippen molar-refractivity contribution >= 4 is 11.6 Å². The normalized spacial score (nSPS) is 19.5. The zero-order valence-corrected chi connectivity index (χ0v) is 10.8. The molecular weight excluding hydrogens is 238 g/mol. The Morgan fingerprint density at radius 3 is 3.12 bits per heavy atom. The van der Waals surface area contributed by atoms with Crippen molar-refractivity contribution in [2.24, 2.45) is 5.92 Å². The lowest BCUT2D eigenvalue weighted by molar-refractivity contribution is 0.185. The molecule has 1 heterocycles. The highest BCUT2D eigenvalue weighted by Crippen LogP contribution is 2.22. The summed E-state index contributed by atoms with van der Waals surface area (Å²) in [5.74, 6) is 1.52. The first kappa shape index (κ1) is 12.7. The van der Waals surface area contributed by atoms with Crippen LogP contribution in [0.3, 0.4) is 0 Å². The molecule has 1 unspecified atom stereocenters. The number of hydrogen-bond donors (Lipinski definition) is 1. The molecule has 1 saturated heterocycles. The number of benzene rings is 1. The molecule has 1 atom stereocenters. The second-order valence-electron chi connectivity index (χ2n) is 4.32. The predicted octanol–water partition coefficient (Wildman–Crippen LogP) is 2.47. The van der Waals surface area contributed by atoms with Crippen LogP contribution in [-0.4, -0.2) is 26.9 Å². The Kier molecular flexibility index (Phi) is 4.66. The number of halogens is 1. The molecule has 1 aliphatic heterocycles. The summed E-state index contributed by atoms with van der Waals surface area (Å²) in [6, 6.07) is 5.69. The topological polar surface area (TPSA) is 30.5 Å². The quantitative estimate of drug-likeness (QED) is 0.877. The van der Waals surface area contributed by atoms with Crippen molar-refractivity contribution in [3.63, 3.8) is 0 Å². The van der Waals surface area contributed by atoms with Gasteiger partial charge < -0.3 is 14.8 Å². The fourth-order valence-electron chi connectivity index (χ4n) is 2.04. The lowest BCUT2D eigenvalue weighted by atomic mass is 10.1. The maximum absolute atomic E-state index is 5.98. The molecule has 2 rings (SSSR count). The second-order valence-corrected chi connectivity index (χ2v) is 4.75. The average molecular weight is 256 g/mol. The Labute approximate surface area is 107 Å². The van der Waals surface area contributed by atoms with E-state index in [4.69, 9.17) is 21.1 Å². The molecule has 0 aliphatic carbocycles. The third-order valence-electron chi connectivity index (χ3n) is 3.01. The summed E-state index contributed by atoms with van der Waals surface area (Å²) in [6.07, 6.45) is 1.15. The summed E-state index contributed by atoms with van der Waals surface area (Å²) in [6.45, 7) is 3.53. The molecule has 1 fully saturated rings. The van der Waals surface area contributed by atoms with E-state index in [2.05, 4.69) is 5.32 Å². The third-order valence-corrected chi connectivity index (χ3v) is 3.25. The molecule has 3 nitrogen and oxygen atoms in total. The van der Waals surface area contributed by atoms with Gasteiger partial charge in [0.1, 0.15) is 5.75 Å². The molecule has 0 saturated carbocycles. The highest BCUT2D eigenvalue weighted by Gasteiger charge is 2.15. The molecule has 1 N–H and O–H groups in total. The van der Waals surface area contributed by atoms with E-state index < -0.39 is 0 Å². The second kappa shape index (κ2) is 6.24.